The standard InChI is InChI=1S/C9H11NO3.C8H9NO3/c1-3-13-9(12)7-6-10(2)5-4-8(7)11;1-2-12-8(11)6-5-9-4-3-7(6)10/h4-6H,3H2,1-2H3;3-6H,2H2,1H3. The Morgan fingerprint density at radius 1 is 1.20 bits per heavy atom. The molecule has 2 rings (SSSR count). The van der Waals surface area contributed by atoms with E-state index in [-0.39, 0.29) is 30.0 Å². The van der Waals surface area contributed by atoms with E-state index in [0.29, 0.717) is 0 Å². The third-order valence-corrected chi connectivity index (χ3v) is 2.96. The largest absolute Gasteiger partial charge is 0.465 e. The molecule has 8 heteroatoms. The number of aliphatic imine (C=N–C) groups is 1. The number of ketones is 1. The fourth-order valence-corrected chi connectivity index (χ4v) is 1.79. The molecule has 1 aliphatic heterocycles. The zero-order valence-electron chi connectivity index (χ0n) is 14.3. The number of pyridine rings is 1. The van der Waals surface area contributed by atoms with Crippen LogP contribution < -0.4 is 5.43 Å². The van der Waals surface area contributed by atoms with Crippen LogP contribution in [-0.2, 0) is 26.1 Å². The average Bonchev–Trinajstić information content (AvgIpc) is 2.58. The van der Waals surface area contributed by atoms with E-state index >= 15 is 0 Å². The lowest BCUT2D eigenvalue weighted by atomic mass is 10.0. The van der Waals surface area contributed by atoms with E-state index in [1.54, 1.807) is 31.7 Å². The van der Waals surface area contributed by atoms with Gasteiger partial charge in [-0.1, -0.05) is 0 Å². The monoisotopic (exact) mass is 348 g/mol. The Morgan fingerprint density at radius 3 is 2.48 bits per heavy atom. The number of rotatable bonds is 4. The summed E-state index contributed by atoms with van der Waals surface area (Å²) in [5.74, 6) is -2.21. The predicted molar refractivity (Wildman–Crippen MR) is 90.4 cm³/mol. The lowest BCUT2D eigenvalue weighted by Crippen LogP contribution is -2.27. The smallest absolute Gasteiger partial charge is 0.343 e. The van der Waals surface area contributed by atoms with Crippen molar-refractivity contribution in [3.8, 4) is 0 Å². The molecule has 0 spiro atoms. The number of carbonyl (C=O) groups excluding carboxylic acids is 3. The number of carbonyl (C=O) groups is 3. The first-order valence-electron chi connectivity index (χ1n) is 7.64. The predicted octanol–water partition coefficient (Wildman–Crippen LogP) is 0.895. The molecule has 1 aliphatic rings. The Labute approximate surface area is 144 Å². The van der Waals surface area contributed by atoms with Crippen LogP contribution in [0.2, 0.25) is 0 Å². The van der Waals surface area contributed by atoms with Crippen LogP contribution in [0.3, 0.4) is 0 Å². The van der Waals surface area contributed by atoms with Gasteiger partial charge in [0.2, 0.25) is 0 Å². The van der Waals surface area contributed by atoms with Gasteiger partial charge in [0.05, 0.1) is 13.2 Å². The molecular formula is C17H20N2O6. The molecule has 0 radical (unpaired) electrons. The summed E-state index contributed by atoms with van der Waals surface area (Å²) in [6, 6.07) is 1.34. The first-order valence-corrected chi connectivity index (χ1v) is 7.64. The molecule has 25 heavy (non-hydrogen) atoms. The van der Waals surface area contributed by atoms with Crippen LogP contribution >= 0.6 is 0 Å². The Hall–Kier alpha value is -3.03. The molecule has 8 nitrogen and oxygen atoms in total. The van der Waals surface area contributed by atoms with Crippen molar-refractivity contribution in [3.63, 3.8) is 0 Å². The molecule has 1 unspecified atom stereocenters. The Kier molecular flexibility index (Phi) is 7.98. The van der Waals surface area contributed by atoms with Gasteiger partial charge in [0, 0.05) is 44.0 Å². The second-order valence-electron chi connectivity index (χ2n) is 4.85. The highest BCUT2D eigenvalue weighted by Crippen LogP contribution is 2.04. The van der Waals surface area contributed by atoms with Crippen molar-refractivity contribution in [2.45, 2.75) is 13.8 Å². The van der Waals surface area contributed by atoms with Gasteiger partial charge in [-0.25, -0.2) is 4.79 Å². The van der Waals surface area contributed by atoms with Crippen LogP contribution in [-0.4, -0.2) is 41.7 Å². The molecule has 1 aromatic heterocycles. The highest BCUT2D eigenvalue weighted by molar-refractivity contribution is 6.17. The van der Waals surface area contributed by atoms with E-state index in [2.05, 4.69) is 9.73 Å². The van der Waals surface area contributed by atoms with Gasteiger partial charge in [-0.3, -0.25) is 19.4 Å². The minimum absolute atomic E-state index is 0.0758. The minimum atomic E-state index is -0.838. The normalized spacial score (nSPS) is 15.2. The van der Waals surface area contributed by atoms with Gasteiger partial charge in [0.15, 0.2) is 17.1 Å². The maximum atomic E-state index is 11.2. The lowest BCUT2D eigenvalue weighted by molar-refractivity contribution is -0.147. The molecule has 0 amide bonds. The van der Waals surface area contributed by atoms with Gasteiger partial charge < -0.3 is 14.0 Å². The number of allylic oxidation sites excluding steroid dienone is 1. The molecule has 0 aromatic carbocycles. The molecule has 1 aromatic rings. The van der Waals surface area contributed by atoms with E-state index in [1.807, 2.05) is 0 Å². The number of hydrogen-bond acceptors (Lipinski definition) is 7. The van der Waals surface area contributed by atoms with Gasteiger partial charge in [-0.2, -0.15) is 0 Å². The number of hydrogen-bond donors (Lipinski definition) is 0. The molecule has 134 valence electrons. The van der Waals surface area contributed by atoms with E-state index in [9.17, 15) is 19.2 Å². The zero-order chi connectivity index (χ0) is 18.8. The molecule has 2 heterocycles. The summed E-state index contributed by atoms with van der Waals surface area (Å²) in [7, 11) is 1.74. The minimum Gasteiger partial charge on any atom is -0.465 e. The third kappa shape index (κ3) is 6.17. The topological polar surface area (TPSA) is 104 Å². The van der Waals surface area contributed by atoms with Crippen LogP contribution in [0.1, 0.15) is 24.2 Å². The molecule has 1 atom stereocenters. The first kappa shape index (κ1) is 20.0. The van der Waals surface area contributed by atoms with E-state index < -0.39 is 17.9 Å². The molecule has 0 aliphatic carbocycles. The van der Waals surface area contributed by atoms with Crippen LogP contribution in [0.25, 0.3) is 0 Å². The van der Waals surface area contributed by atoms with Crippen molar-refractivity contribution < 1.29 is 23.9 Å². The summed E-state index contributed by atoms with van der Waals surface area (Å²) >= 11 is 0. The van der Waals surface area contributed by atoms with Crippen LogP contribution in [0.4, 0.5) is 0 Å². The fourth-order valence-electron chi connectivity index (χ4n) is 1.79. The number of aryl methyl sites for hydroxylation is 1. The van der Waals surface area contributed by atoms with Crippen molar-refractivity contribution in [2.24, 2.45) is 18.0 Å². The maximum absolute atomic E-state index is 11.2. The van der Waals surface area contributed by atoms with Crippen LogP contribution in [0, 0.1) is 5.92 Å². The van der Waals surface area contributed by atoms with Crippen molar-refractivity contribution in [1.29, 1.82) is 0 Å². The summed E-state index contributed by atoms with van der Waals surface area (Å²) in [6.45, 7) is 3.94. The van der Waals surface area contributed by atoms with Crippen molar-refractivity contribution in [3.05, 3.63) is 46.5 Å². The van der Waals surface area contributed by atoms with Crippen molar-refractivity contribution >= 4 is 23.9 Å². The number of esters is 2. The van der Waals surface area contributed by atoms with E-state index in [0.717, 1.165) is 0 Å². The number of aromatic nitrogens is 1. The van der Waals surface area contributed by atoms with E-state index in [1.165, 1.54) is 30.8 Å². The number of nitrogens with zero attached hydrogens (tertiary/aromatic N) is 2. The molecule has 0 N–H and O–H groups in total. The van der Waals surface area contributed by atoms with Gasteiger partial charge in [-0.15, -0.1) is 0 Å². The van der Waals surface area contributed by atoms with Gasteiger partial charge in [0.1, 0.15) is 5.56 Å². The summed E-state index contributed by atoms with van der Waals surface area (Å²) in [6.07, 6.45) is 6.96. The summed E-state index contributed by atoms with van der Waals surface area (Å²) in [5.41, 5.74) is -0.233. The first-order chi connectivity index (χ1) is 11.9. The highest BCUT2D eigenvalue weighted by atomic mass is 16.5. The Morgan fingerprint density at radius 2 is 1.88 bits per heavy atom. The van der Waals surface area contributed by atoms with Crippen molar-refractivity contribution in [2.75, 3.05) is 13.2 Å². The number of ether oxygens (including phenoxy) is 2. The van der Waals surface area contributed by atoms with Crippen molar-refractivity contribution in [1.82, 2.24) is 4.57 Å². The second-order valence-corrected chi connectivity index (χ2v) is 4.85. The second kappa shape index (κ2) is 9.96. The summed E-state index contributed by atoms with van der Waals surface area (Å²) in [4.78, 5) is 48.1. The average molecular weight is 348 g/mol. The Bertz CT molecular complexity index is 748. The molecule has 0 saturated heterocycles. The van der Waals surface area contributed by atoms with Gasteiger partial charge in [-0.05, 0) is 13.8 Å². The lowest BCUT2D eigenvalue weighted by Gasteiger charge is -2.08. The quantitative estimate of drug-likeness (QED) is 0.591. The van der Waals surface area contributed by atoms with Gasteiger partial charge >= 0.3 is 11.9 Å². The molecule has 0 saturated carbocycles. The molecule has 0 bridgehead atoms. The SMILES string of the molecule is CCOC(=O)C1C=NC=CC1=O.CCOC(=O)c1cn(C)ccc1=O. The van der Waals surface area contributed by atoms with Crippen LogP contribution in [0.5, 0.6) is 0 Å². The van der Waals surface area contributed by atoms with Crippen LogP contribution in [0.15, 0.2) is 40.5 Å². The maximum Gasteiger partial charge on any atom is 0.343 e. The molecular weight excluding hydrogens is 328 g/mol. The highest BCUT2D eigenvalue weighted by Gasteiger charge is 2.25. The summed E-state index contributed by atoms with van der Waals surface area (Å²) in [5, 5.41) is 0. The van der Waals surface area contributed by atoms with Gasteiger partial charge in [0.25, 0.3) is 0 Å². The van der Waals surface area contributed by atoms with E-state index in [4.69, 9.17) is 4.74 Å². The fraction of sp³-hybridized carbons (Fsp3) is 0.353. The Balaban J connectivity index is 0.000000251. The third-order valence-electron chi connectivity index (χ3n) is 2.96. The summed E-state index contributed by atoms with van der Waals surface area (Å²) < 4.78 is 11.0. The molecule has 0 fully saturated rings. The zero-order valence-corrected chi connectivity index (χ0v) is 14.3.